The van der Waals surface area contributed by atoms with E-state index in [4.69, 9.17) is 0 Å². The van der Waals surface area contributed by atoms with Crippen LogP contribution in [0.1, 0.15) is 37.3 Å². The molecule has 3 heterocycles. The highest BCUT2D eigenvalue weighted by atomic mass is 16.3. The SMILES string of the molecule is CCCCCc1c(O)n2c3c(=O)n(C)c(=O)n(C)c3nc2n(Cc2ccccc2)c1=O. The summed E-state index contributed by atoms with van der Waals surface area (Å²) in [6.07, 6.45) is 3.00. The van der Waals surface area contributed by atoms with Crippen molar-refractivity contribution in [2.75, 3.05) is 0 Å². The van der Waals surface area contributed by atoms with E-state index in [2.05, 4.69) is 11.9 Å². The Bertz CT molecular complexity index is 1460. The van der Waals surface area contributed by atoms with Gasteiger partial charge in [0.25, 0.3) is 11.1 Å². The topological polar surface area (TPSA) is 104 Å². The summed E-state index contributed by atoms with van der Waals surface area (Å²) in [6.45, 7) is 2.28. The Labute approximate surface area is 177 Å². The number of imidazole rings is 1. The molecule has 31 heavy (non-hydrogen) atoms. The molecule has 0 saturated carbocycles. The van der Waals surface area contributed by atoms with E-state index in [9.17, 15) is 19.5 Å². The van der Waals surface area contributed by atoms with Gasteiger partial charge in [0.05, 0.1) is 12.1 Å². The Morgan fingerprint density at radius 1 is 0.968 bits per heavy atom. The lowest BCUT2D eigenvalue weighted by molar-refractivity contribution is 0.432. The lowest BCUT2D eigenvalue weighted by atomic mass is 10.1. The molecule has 4 rings (SSSR count). The minimum atomic E-state index is -0.578. The van der Waals surface area contributed by atoms with Gasteiger partial charge in [0.1, 0.15) is 0 Å². The maximum absolute atomic E-state index is 13.4. The number of aromatic hydroxyl groups is 1. The number of aromatic nitrogens is 5. The molecule has 0 unspecified atom stereocenters. The minimum Gasteiger partial charge on any atom is -0.494 e. The van der Waals surface area contributed by atoms with Crippen LogP contribution in [0.15, 0.2) is 44.7 Å². The second kappa shape index (κ2) is 7.90. The van der Waals surface area contributed by atoms with Gasteiger partial charge in [0.2, 0.25) is 11.7 Å². The molecule has 0 amide bonds. The molecule has 0 bridgehead atoms. The zero-order valence-electron chi connectivity index (χ0n) is 17.8. The fraction of sp³-hybridized carbons (Fsp3) is 0.364. The first kappa shape index (κ1) is 20.6. The van der Waals surface area contributed by atoms with Gasteiger partial charge in [-0.15, -0.1) is 0 Å². The van der Waals surface area contributed by atoms with Crippen molar-refractivity contribution in [3.63, 3.8) is 0 Å². The van der Waals surface area contributed by atoms with Crippen molar-refractivity contribution in [3.05, 3.63) is 72.7 Å². The third kappa shape index (κ3) is 3.26. The van der Waals surface area contributed by atoms with E-state index in [1.807, 2.05) is 30.3 Å². The van der Waals surface area contributed by atoms with Crippen molar-refractivity contribution in [2.24, 2.45) is 14.1 Å². The second-order valence-electron chi connectivity index (χ2n) is 7.76. The van der Waals surface area contributed by atoms with Gasteiger partial charge in [-0.2, -0.15) is 4.98 Å². The summed E-state index contributed by atoms with van der Waals surface area (Å²) in [5, 5.41) is 11.1. The van der Waals surface area contributed by atoms with Gasteiger partial charge >= 0.3 is 5.69 Å². The summed E-state index contributed by atoms with van der Waals surface area (Å²) < 4.78 is 4.99. The number of benzene rings is 1. The van der Waals surface area contributed by atoms with Gasteiger partial charge in [0.15, 0.2) is 11.2 Å². The molecule has 0 fully saturated rings. The van der Waals surface area contributed by atoms with Crippen LogP contribution in [-0.4, -0.2) is 28.2 Å². The average Bonchev–Trinajstić information content (AvgIpc) is 3.18. The summed E-state index contributed by atoms with van der Waals surface area (Å²) in [5.41, 5.74) is -0.142. The Morgan fingerprint density at radius 2 is 1.68 bits per heavy atom. The van der Waals surface area contributed by atoms with E-state index in [1.165, 1.54) is 27.6 Å². The summed E-state index contributed by atoms with van der Waals surface area (Å²) in [5.74, 6) is -0.169. The molecule has 0 aliphatic rings. The lowest BCUT2D eigenvalue weighted by Gasteiger charge is -2.13. The Hall–Kier alpha value is -3.62. The van der Waals surface area contributed by atoms with Crippen molar-refractivity contribution in [2.45, 2.75) is 39.2 Å². The fourth-order valence-corrected chi connectivity index (χ4v) is 3.93. The minimum absolute atomic E-state index is 0.0654. The Kier molecular flexibility index (Phi) is 5.26. The molecule has 4 aromatic rings. The molecule has 0 atom stereocenters. The lowest BCUT2D eigenvalue weighted by Crippen LogP contribution is -2.37. The van der Waals surface area contributed by atoms with E-state index in [0.717, 1.165) is 29.4 Å². The van der Waals surface area contributed by atoms with E-state index >= 15 is 0 Å². The molecule has 1 N–H and O–H groups in total. The number of fused-ring (bicyclic) bond motifs is 3. The first-order valence-corrected chi connectivity index (χ1v) is 10.3. The monoisotopic (exact) mass is 423 g/mol. The molecule has 0 spiro atoms. The van der Waals surface area contributed by atoms with Crippen molar-refractivity contribution >= 4 is 16.9 Å². The first-order chi connectivity index (χ1) is 14.9. The quantitative estimate of drug-likeness (QED) is 0.474. The summed E-state index contributed by atoms with van der Waals surface area (Å²) in [7, 11) is 2.89. The van der Waals surface area contributed by atoms with Crippen LogP contribution in [0.2, 0.25) is 0 Å². The van der Waals surface area contributed by atoms with Crippen LogP contribution in [0.4, 0.5) is 0 Å². The van der Waals surface area contributed by atoms with Gasteiger partial charge in [-0.3, -0.25) is 23.3 Å². The van der Waals surface area contributed by atoms with Gasteiger partial charge in [0, 0.05) is 14.1 Å². The van der Waals surface area contributed by atoms with Crippen molar-refractivity contribution < 1.29 is 5.11 Å². The van der Waals surface area contributed by atoms with E-state index in [-0.39, 0.29) is 40.5 Å². The number of nitrogens with zero attached hydrogens (tertiary/aromatic N) is 5. The summed E-state index contributed by atoms with van der Waals surface area (Å²) >= 11 is 0. The highest BCUT2D eigenvalue weighted by molar-refractivity contribution is 5.76. The fourth-order valence-electron chi connectivity index (χ4n) is 3.93. The maximum atomic E-state index is 13.4. The summed E-state index contributed by atoms with van der Waals surface area (Å²) in [6, 6.07) is 9.43. The molecular formula is C22H25N5O4. The van der Waals surface area contributed by atoms with Gasteiger partial charge in [-0.05, 0) is 18.4 Å². The van der Waals surface area contributed by atoms with Gasteiger partial charge < -0.3 is 5.11 Å². The number of hydrogen-bond donors (Lipinski definition) is 1. The molecular weight excluding hydrogens is 398 g/mol. The van der Waals surface area contributed by atoms with E-state index in [1.54, 1.807) is 0 Å². The zero-order chi connectivity index (χ0) is 22.3. The van der Waals surface area contributed by atoms with Crippen LogP contribution < -0.4 is 16.8 Å². The number of rotatable bonds is 6. The molecule has 9 heteroatoms. The van der Waals surface area contributed by atoms with E-state index in [0.29, 0.717) is 6.42 Å². The highest BCUT2D eigenvalue weighted by Gasteiger charge is 2.24. The van der Waals surface area contributed by atoms with Crippen LogP contribution >= 0.6 is 0 Å². The van der Waals surface area contributed by atoms with Crippen LogP contribution in [0.3, 0.4) is 0 Å². The van der Waals surface area contributed by atoms with Crippen molar-refractivity contribution in [1.29, 1.82) is 0 Å². The Morgan fingerprint density at radius 3 is 2.35 bits per heavy atom. The number of hydrogen-bond acceptors (Lipinski definition) is 5. The molecule has 0 saturated heterocycles. The average molecular weight is 423 g/mol. The normalized spacial score (nSPS) is 11.6. The third-order valence-corrected chi connectivity index (χ3v) is 5.68. The van der Waals surface area contributed by atoms with E-state index < -0.39 is 11.2 Å². The Balaban J connectivity index is 2.12. The van der Waals surface area contributed by atoms with Crippen molar-refractivity contribution in [1.82, 2.24) is 23.1 Å². The second-order valence-corrected chi connectivity index (χ2v) is 7.76. The predicted molar refractivity (Wildman–Crippen MR) is 118 cm³/mol. The molecule has 0 aliphatic carbocycles. The summed E-state index contributed by atoms with van der Waals surface area (Å²) in [4.78, 5) is 43.2. The number of aryl methyl sites for hydroxylation is 1. The molecule has 3 aromatic heterocycles. The maximum Gasteiger partial charge on any atom is 0.332 e. The van der Waals surface area contributed by atoms with Gasteiger partial charge in [-0.1, -0.05) is 50.1 Å². The zero-order valence-corrected chi connectivity index (χ0v) is 17.8. The highest BCUT2D eigenvalue weighted by Crippen LogP contribution is 2.23. The van der Waals surface area contributed by atoms with Crippen LogP contribution in [0.5, 0.6) is 5.88 Å². The standard InChI is InChI=1S/C22H25N5O4/c1-4-5-7-12-15-18(28)26(13-14-10-8-6-9-11-14)21-23-17-16(27(21)19(15)29)20(30)25(3)22(31)24(17)2/h6,8-11,29H,4-5,7,12-13H2,1-3H3. The largest absolute Gasteiger partial charge is 0.494 e. The molecule has 0 radical (unpaired) electrons. The molecule has 1 aromatic carbocycles. The molecule has 0 aliphatic heterocycles. The first-order valence-electron chi connectivity index (χ1n) is 10.3. The number of unbranched alkanes of at least 4 members (excludes halogenated alkanes) is 2. The van der Waals surface area contributed by atoms with Crippen LogP contribution in [0, 0.1) is 0 Å². The third-order valence-electron chi connectivity index (χ3n) is 5.68. The predicted octanol–water partition coefficient (Wildman–Crippen LogP) is 1.53. The van der Waals surface area contributed by atoms with Crippen LogP contribution in [-0.2, 0) is 27.1 Å². The molecule has 9 nitrogen and oxygen atoms in total. The molecule has 162 valence electrons. The van der Waals surface area contributed by atoms with Gasteiger partial charge in [-0.25, -0.2) is 9.20 Å². The smallest absolute Gasteiger partial charge is 0.332 e. The van der Waals surface area contributed by atoms with Crippen molar-refractivity contribution in [3.8, 4) is 5.88 Å². The van der Waals surface area contributed by atoms with Crippen LogP contribution in [0.25, 0.3) is 16.9 Å².